The number of ether oxygens (including phenoxy) is 1. The lowest BCUT2D eigenvalue weighted by Crippen LogP contribution is -2.22. The number of halogens is 1. The van der Waals surface area contributed by atoms with Crippen LogP contribution in [0.5, 0.6) is 5.75 Å². The summed E-state index contributed by atoms with van der Waals surface area (Å²) < 4.78 is 11.4. The number of hydrogen-bond donors (Lipinski definition) is 4. The van der Waals surface area contributed by atoms with Gasteiger partial charge in [0.1, 0.15) is 0 Å². The molecule has 204 valence electrons. The molecular weight excluding hydrogens is 538 g/mol. The number of primary amides is 1. The van der Waals surface area contributed by atoms with E-state index >= 15 is 0 Å². The summed E-state index contributed by atoms with van der Waals surface area (Å²) >= 11 is 6.00. The molecule has 2 aromatic heterocycles. The molecule has 0 aliphatic heterocycles. The average Bonchev–Trinajstić information content (AvgIpc) is 3.68. The van der Waals surface area contributed by atoms with Crippen molar-refractivity contribution >= 4 is 46.5 Å². The van der Waals surface area contributed by atoms with Crippen molar-refractivity contribution in [2.45, 2.75) is 19.4 Å². The summed E-state index contributed by atoms with van der Waals surface area (Å²) in [6.45, 7) is 0.253. The largest absolute Gasteiger partial charge is 0.494 e. The second-order valence-electron chi connectivity index (χ2n) is 8.97. The van der Waals surface area contributed by atoms with Crippen LogP contribution in [-0.2, 0) is 11.3 Å². The molecule has 2 heterocycles. The van der Waals surface area contributed by atoms with Gasteiger partial charge in [-0.1, -0.05) is 29.8 Å². The van der Waals surface area contributed by atoms with Gasteiger partial charge in [-0.15, -0.1) is 10.2 Å². The van der Waals surface area contributed by atoms with Gasteiger partial charge in [0.2, 0.25) is 17.6 Å². The molecule has 40 heavy (non-hydrogen) atoms. The highest BCUT2D eigenvalue weighted by Crippen LogP contribution is 2.38. The number of carbonyl (C=O) groups excluding carboxylic acids is 3. The maximum atomic E-state index is 12.7. The van der Waals surface area contributed by atoms with E-state index in [0.717, 1.165) is 18.4 Å². The summed E-state index contributed by atoms with van der Waals surface area (Å²) in [5, 5.41) is 16.9. The molecule has 3 amide bonds. The molecule has 4 aromatic rings. The summed E-state index contributed by atoms with van der Waals surface area (Å²) in [7, 11) is 1.45. The third kappa shape index (κ3) is 6.02. The predicted molar refractivity (Wildman–Crippen MR) is 146 cm³/mol. The summed E-state index contributed by atoms with van der Waals surface area (Å²) in [5.41, 5.74) is 7.26. The molecule has 5 rings (SSSR count). The number of carbonyl (C=O) groups is 3. The summed E-state index contributed by atoms with van der Waals surface area (Å²) in [4.78, 5) is 41.1. The van der Waals surface area contributed by atoms with Gasteiger partial charge < -0.3 is 30.8 Å². The number of para-hydroxylation sites is 1. The maximum Gasteiger partial charge on any atom is 0.288 e. The van der Waals surface area contributed by atoms with E-state index in [1.807, 2.05) is 6.07 Å². The van der Waals surface area contributed by atoms with Crippen LogP contribution in [0.25, 0.3) is 11.5 Å². The topological polar surface area (TPSA) is 174 Å². The minimum absolute atomic E-state index is 0.00263. The highest BCUT2D eigenvalue weighted by molar-refractivity contribution is 6.30. The second kappa shape index (κ2) is 11.4. The number of nitrogens with two attached hydrogens (primary N) is 1. The van der Waals surface area contributed by atoms with Crippen molar-refractivity contribution in [1.82, 2.24) is 20.5 Å². The van der Waals surface area contributed by atoms with Crippen molar-refractivity contribution in [3.8, 4) is 17.2 Å². The average molecular weight is 562 g/mol. The van der Waals surface area contributed by atoms with Gasteiger partial charge in [0.05, 0.1) is 30.2 Å². The number of oxazole rings is 1. The lowest BCUT2D eigenvalue weighted by Gasteiger charge is -2.15. The molecule has 0 saturated heterocycles. The van der Waals surface area contributed by atoms with Gasteiger partial charge in [-0.05, 0) is 42.7 Å². The molecule has 1 fully saturated rings. The molecule has 0 unspecified atom stereocenters. The number of aromatic nitrogens is 3. The molecule has 1 aliphatic rings. The van der Waals surface area contributed by atoms with Crippen LogP contribution < -0.4 is 26.4 Å². The number of anilines is 3. The van der Waals surface area contributed by atoms with Gasteiger partial charge in [-0.2, -0.15) is 0 Å². The SMILES string of the molecule is COc1c(Nc2cc(NC(=O)C3CC3)nnc2C(N)=O)cccc1-c1ncc(C(=O)NCc2cccc(Cl)c2)o1. The first-order valence-corrected chi connectivity index (χ1v) is 12.6. The number of methoxy groups -OCH3 is 1. The molecule has 0 radical (unpaired) electrons. The Hall–Kier alpha value is -4.97. The van der Waals surface area contributed by atoms with Crippen molar-refractivity contribution in [3.63, 3.8) is 0 Å². The summed E-state index contributed by atoms with van der Waals surface area (Å²) in [5.74, 6) is -0.866. The fourth-order valence-corrected chi connectivity index (χ4v) is 4.11. The van der Waals surface area contributed by atoms with E-state index in [9.17, 15) is 14.4 Å². The van der Waals surface area contributed by atoms with E-state index < -0.39 is 11.8 Å². The third-order valence-electron chi connectivity index (χ3n) is 6.02. The molecule has 13 heteroatoms. The molecule has 2 aromatic carbocycles. The van der Waals surface area contributed by atoms with Crippen LogP contribution in [0.3, 0.4) is 0 Å². The van der Waals surface area contributed by atoms with Gasteiger partial charge in [-0.3, -0.25) is 14.4 Å². The zero-order valence-electron chi connectivity index (χ0n) is 21.2. The molecular formula is C27H24ClN7O5. The highest BCUT2D eigenvalue weighted by Gasteiger charge is 2.30. The van der Waals surface area contributed by atoms with E-state index in [0.29, 0.717) is 22.0 Å². The molecule has 0 spiro atoms. The van der Waals surface area contributed by atoms with Crippen LogP contribution in [-0.4, -0.2) is 40.0 Å². The Balaban J connectivity index is 1.37. The first-order chi connectivity index (χ1) is 19.3. The standard InChI is InChI=1S/C27H24ClN7O5/c1-39-23-17(27-31-13-20(40-27)26(38)30-12-14-4-2-5-16(28)10-14)6-3-7-18(23)32-19-11-21(33-25(37)15-8-9-15)34-35-22(19)24(29)36/h2-7,10-11,13,15H,8-9,12H2,1H3,(H2,29,36)(H,30,38)(H2,32,33,34,37). The van der Waals surface area contributed by atoms with Crippen molar-refractivity contribution in [2.24, 2.45) is 11.7 Å². The zero-order chi connectivity index (χ0) is 28.2. The normalized spacial score (nSPS) is 12.4. The Morgan fingerprint density at radius 3 is 2.62 bits per heavy atom. The van der Waals surface area contributed by atoms with Gasteiger partial charge >= 0.3 is 0 Å². The predicted octanol–water partition coefficient (Wildman–Crippen LogP) is 3.91. The number of hydrogen-bond acceptors (Lipinski definition) is 9. The molecule has 0 atom stereocenters. The minimum atomic E-state index is -0.814. The van der Waals surface area contributed by atoms with Crippen molar-refractivity contribution in [1.29, 1.82) is 0 Å². The fourth-order valence-electron chi connectivity index (χ4n) is 3.89. The van der Waals surface area contributed by atoms with Crippen LogP contribution in [0.1, 0.15) is 39.4 Å². The van der Waals surface area contributed by atoms with Crippen molar-refractivity contribution < 1.29 is 23.5 Å². The van der Waals surface area contributed by atoms with Crippen LogP contribution in [0.15, 0.2) is 59.1 Å². The van der Waals surface area contributed by atoms with E-state index in [1.165, 1.54) is 19.4 Å². The zero-order valence-corrected chi connectivity index (χ0v) is 22.0. The first-order valence-electron chi connectivity index (χ1n) is 12.2. The Labute approximate surface area is 233 Å². The summed E-state index contributed by atoms with van der Waals surface area (Å²) in [6.07, 6.45) is 2.95. The first kappa shape index (κ1) is 26.6. The molecule has 1 saturated carbocycles. The lowest BCUT2D eigenvalue weighted by molar-refractivity contribution is -0.117. The van der Waals surface area contributed by atoms with E-state index in [4.69, 9.17) is 26.5 Å². The van der Waals surface area contributed by atoms with Crippen LogP contribution >= 0.6 is 11.6 Å². The molecule has 1 aliphatic carbocycles. The molecule has 12 nitrogen and oxygen atoms in total. The number of amides is 3. The van der Waals surface area contributed by atoms with Gasteiger partial charge in [0, 0.05) is 23.6 Å². The van der Waals surface area contributed by atoms with E-state index in [1.54, 1.807) is 36.4 Å². The Morgan fingerprint density at radius 2 is 1.90 bits per heavy atom. The van der Waals surface area contributed by atoms with Crippen molar-refractivity contribution in [2.75, 3.05) is 17.7 Å². The molecule has 5 N–H and O–H groups in total. The smallest absolute Gasteiger partial charge is 0.288 e. The van der Waals surface area contributed by atoms with E-state index in [2.05, 4.69) is 31.1 Å². The Kier molecular flexibility index (Phi) is 7.60. The fraction of sp³-hybridized carbons (Fsp3) is 0.185. The number of rotatable bonds is 10. The van der Waals surface area contributed by atoms with Crippen LogP contribution in [0.2, 0.25) is 5.02 Å². The molecule has 0 bridgehead atoms. The van der Waals surface area contributed by atoms with Gasteiger partial charge in [0.15, 0.2) is 17.3 Å². The van der Waals surface area contributed by atoms with Gasteiger partial charge in [-0.25, -0.2) is 4.98 Å². The lowest BCUT2D eigenvalue weighted by atomic mass is 10.1. The van der Waals surface area contributed by atoms with Crippen LogP contribution in [0, 0.1) is 5.92 Å². The van der Waals surface area contributed by atoms with Crippen molar-refractivity contribution in [3.05, 3.63) is 76.8 Å². The third-order valence-corrected chi connectivity index (χ3v) is 6.25. The Bertz CT molecular complexity index is 1600. The van der Waals surface area contributed by atoms with Crippen LogP contribution in [0.4, 0.5) is 17.2 Å². The Morgan fingerprint density at radius 1 is 1.10 bits per heavy atom. The maximum absolute atomic E-state index is 12.7. The minimum Gasteiger partial charge on any atom is -0.494 e. The van der Waals surface area contributed by atoms with Gasteiger partial charge in [0.25, 0.3) is 11.8 Å². The highest BCUT2D eigenvalue weighted by atomic mass is 35.5. The monoisotopic (exact) mass is 561 g/mol. The number of nitrogens with one attached hydrogen (secondary N) is 3. The number of benzene rings is 2. The van der Waals surface area contributed by atoms with E-state index in [-0.39, 0.29) is 47.2 Å². The number of nitrogens with zero attached hydrogens (tertiary/aromatic N) is 3. The quantitative estimate of drug-likeness (QED) is 0.224. The second-order valence-corrected chi connectivity index (χ2v) is 9.41. The summed E-state index contributed by atoms with van der Waals surface area (Å²) in [6, 6.07) is 13.7.